The normalized spacial score (nSPS) is 16.0. The predicted molar refractivity (Wildman–Crippen MR) is 146 cm³/mol. The van der Waals surface area contributed by atoms with E-state index in [2.05, 4.69) is 27.0 Å². The van der Waals surface area contributed by atoms with Gasteiger partial charge in [0.05, 0.1) is 16.9 Å². The van der Waals surface area contributed by atoms with Crippen molar-refractivity contribution in [3.8, 4) is 17.0 Å². The number of nitrogen functional groups attached to an aromatic ring is 1. The van der Waals surface area contributed by atoms with Crippen LogP contribution in [0.3, 0.4) is 0 Å². The van der Waals surface area contributed by atoms with E-state index in [9.17, 15) is 4.79 Å². The van der Waals surface area contributed by atoms with E-state index in [0.29, 0.717) is 18.3 Å². The SMILES string of the molecule is Nc1c(-c2ccc(NC(=O)OC3CCCC3)cc2)n(C2CCC2)c2cc(OCc3cccnc3)ccc12. The summed E-state index contributed by atoms with van der Waals surface area (Å²) in [5, 5.41) is 3.89. The van der Waals surface area contributed by atoms with Gasteiger partial charge >= 0.3 is 6.09 Å². The molecule has 0 unspecified atom stereocenters. The second kappa shape index (κ2) is 10.2. The Labute approximate surface area is 216 Å². The minimum atomic E-state index is -0.387. The Bertz CT molecular complexity index is 1390. The number of anilines is 2. The van der Waals surface area contributed by atoms with Crippen LogP contribution in [0.1, 0.15) is 56.6 Å². The fraction of sp³-hybridized carbons (Fsp3) is 0.333. The highest BCUT2D eigenvalue weighted by atomic mass is 16.6. The highest BCUT2D eigenvalue weighted by Crippen LogP contribution is 2.45. The molecule has 2 saturated carbocycles. The molecule has 2 heterocycles. The number of ether oxygens (including phenoxy) is 2. The van der Waals surface area contributed by atoms with Crippen LogP contribution in [0.15, 0.2) is 67.0 Å². The number of hydrogen-bond donors (Lipinski definition) is 2. The maximum absolute atomic E-state index is 12.3. The molecule has 1 amide bonds. The number of rotatable bonds is 7. The van der Waals surface area contributed by atoms with Crippen molar-refractivity contribution in [3.63, 3.8) is 0 Å². The molecule has 2 aromatic heterocycles. The first-order valence-corrected chi connectivity index (χ1v) is 13.2. The third kappa shape index (κ3) is 4.86. The Hall–Kier alpha value is -4.00. The van der Waals surface area contributed by atoms with Crippen LogP contribution in [0.25, 0.3) is 22.2 Å². The lowest BCUT2D eigenvalue weighted by molar-refractivity contribution is 0.114. The average Bonchev–Trinajstić information content (AvgIpc) is 3.49. The summed E-state index contributed by atoms with van der Waals surface area (Å²) in [6.07, 6.45) is 10.9. The van der Waals surface area contributed by atoms with Gasteiger partial charge in [-0.05, 0) is 75.3 Å². The molecule has 3 N–H and O–H groups in total. The summed E-state index contributed by atoms with van der Waals surface area (Å²) in [7, 11) is 0. The van der Waals surface area contributed by atoms with Gasteiger partial charge in [0.1, 0.15) is 18.5 Å². The summed E-state index contributed by atoms with van der Waals surface area (Å²) in [6.45, 7) is 0.462. The molecule has 190 valence electrons. The van der Waals surface area contributed by atoms with Gasteiger partial charge in [-0.1, -0.05) is 18.2 Å². The fourth-order valence-corrected chi connectivity index (χ4v) is 5.39. The van der Waals surface area contributed by atoms with Crippen molar-refractivity contribution in [3.05, 3.63) is 72.6 Å². The van der Waals surface area contributed by atoms with E-state index in [-0.39, 0.29) is 12.2 Å². The van der Waals surface area contributed by atoms with Crippen molar-refractivity contribution >= 4 is 28.4 Å². The highest BCUT2D eigenvalue weighted by molar-refractivity contribution is 6.01. The van der Waals surface area contributed by atoms with Crippen LogP contribution in [-0.4, -0.2) is 21.7 Å². The number of fused-ring (bicyclic) bond motifs is 1. The maximum Gasteiger partial charge on any atom is 0.411 e. The Morgan fingerprint density at radius 1 is 1.03 bits per heavy atom. The Kier molecular flexibility index (Phi) is 6.43. The second-order valence-corrected chi connectivity index (χ2v) is 10.1. The van der Waals surface area contributed by atoms with Gasteiger partial charge in [0.15, 0.2) is 0 Å². The highest BCUT2D eigenvalue weighted by Gasteiger charge is 2.27. The molecule has 7 heteroatoms. The minimum absolute atomic E-state index is 0.0375. The van der Waals surface area contributed by atoms with Crippen molar-refractivity contribution < 1.29 is 14.3 Å². The molecule has 0 atom stereocenters. The van der Waals surface area contributed by atoms with Gasteiger partial charge in [-0.3, -0.25) is 10.3 Å². The molecule has 6 rings (SSSR count). The summed E-state index contributed by atoms with van der Waals surface area (Å²) in [5.41, 5.74) is 12.4. The number of hydrogen-bond acceptors (Lipinski definition) is 5. The summed E-state index contributed by atoms with van der Waals surface area (Å²) in [5.74, 6) is 0.807. The molecule has 0 radical (unpaired) electrons. The summed E-state index contributed by atoms with van der Waals surface area (Å²) in [6, 6.07) is 18.3. The molecule has 2 aromatic carbocycles. The van der Waals surface area contributed by atoms with E-state index in [1.807, 2.05) is 48.7 Å². The van der Waals surface area contributed by atoms with E-state index < -0.39 is 0 Å². The lowest BCUT2D eigenvalue weighted by atomic mass is 9.92. The van der Waals surface area contributed by atoms with E-state index in [0.717, 1.165) is 77.7 Å². The lowest BCUT2D eigenvalue weighted by Crippen LogP contribution is -2.20. The Balaban J connectivity index is 1.27. The zero-order chi connectivity index (χ0) is 25.2. The molecule has 7 nitrogen and oxygen atoms in total. The molecule has 0 saturated heterocycles. The lowest BCUT2D eigenvalue weighted by Gasteiger charge is -2.30. The topological polar surface area (TPSA) is 91.4 Å². The number of nitrogens with two attached hydrogens (primary N) is 1. The van der Waals surface area contributed by atoms with Gasteiger partial charge in [-0.15, -0.1) is 0 Å². The first-order valence-electron chi connectivity index (χ1n) is 13.2. The molecule has 0 bridgehead atoms. The number of carbonyl (C=O) groups is 1. The summed E-state index contributed by atoms with van der Waals surface area (Å²) < 4.78 is 14.0. The van der Waals surface area contributed by atoms with Crippen LogP contribution < -0.4 is 15.8 Å². The van der Waals surface area contributed by atoms with Crippen LogP contribution in [-0.2, 0) is 11.3 Å². The molecule has 4 aromatic rings. The molecule has 2 aliphatic rings. The number of benzene rings is 2. The monoisotopic (exact) mass is 496 g/mol. The van der Waals surface area contributed by atoms with Gasteiger partial charge in [0.25, 0.3) is 0 Å². The van der Waals surface area contributed by atoms with Crippen molar-refractivity contribution in [2.24, 2.45) is 0 Å². The summed E-state index contributed by atoms with van der Waals surface area (Å²) >= 11 is 0. The molecular weight excluding hydrogens is 464 g/mol. The van der Waals surface area contributed by atoms with Gasteiger partial charge in [0, 0.05) is 46.7 Å². The summed E-state index contributed by atoms with van der Waals surface area (Å²) in [4.78, 5) is 16.5. The van der Waals surface area contributed by atoms with E-state index >= 15 is 0 Å². The largest absolute Gasteiger partial charge is 0.489 e. The van der Waals surface area contributed by atoms with Gasteiger partial charge in [0.2, 0.25) is 0 Å². The fourth-order valence-electron chi connectivity index (χ4n) is 5.39. The molecular formula is C30H32N4O3. The molecule has 37 heavy (non-hydrogen) atoms. The zero-order valence-electron chi connectivity index (χ0n) is 20.9. The number of pyridine rings is 1. The average molecular weight is 497 g/mol. The van der Waals surface area contributed by atoms with Crippen LogP contribution in [0, 0.1) is 0 Å². The van der Waals surface area contributed by atoms with Crippen LogP contribution in [0.4, 0.5) is 16.2 Å². The maximum atomic E-state index is 12.3. The van der Waals surface area contributed by atoms with Crippen LogP contribution >= 0.6 is 0 Å². The van der Waals surface area contributed by atoms with Crippen LogP contribution in [0.2, 0.25) is 0 Å². The third-order valence-electron chi connectivity index (χ3n) is 7.56. The van der Waals surface area contributed by atoms with E-state index in [1.54, 1.807) is 6.20 Å². The minimum Gasteiger partial charge on any atom is -0.489 e. The molecule has 2 fully saturated rings. The van der Waals surface area contributed by atoms with Crippen molar-refractivity contribution in [2.45, 2.75) is 63.7 Å². The number of nitrogens with one attached hydrogen (secondary N) is 1. The van der Waals surface area contributed by atoms with Crippen molar-refractivity contribution in [2.75, 3.05) is 11.1 Å². The van der Waals surface area contributed by atoms with E-state index in [4.69, 9.17) is 15.2 Å². The zero-order valence-corrected chi connectivity index (χ0v) is 20.9. The quantitative estimate of drug-likeness (QED) is 0.285. The number of amides is 1. The standard InChI is InChI=1S/C30H32N4O3/c31-28-26-15-14-25(36-19-20-5-4-16-32-18-20)17-27(26)34(23-6-3-7-23)29(28)21-10-12-22(13-11-21)33-30(35)37-24-8-1-2-9-24/h4-5,10-18,23-24H,1-3,6-9,19,31H2,(H,33,35). The number of aromatic nitrogens is 2. The Morgan fingerprint density at radius 2 is 1.84 bits per heavy atom. The molecule has 0 spiro atoms. The predicted octanol–water partition coefficient (Wildman–Crippen LogP) is 7.08. The van der Waals surface area contributed by atoms with Crippen molar-refractivity contribution in [1.29, 1.82) is 0 Å². The second-order valence-electron chi connectivity index (χ2n) is 10.1. The van der Waals surface area contributed by atoms with Gasteiger partial charge in [-0.2, -0.15) is 0 Å². The van der Waals surface area contributed by atoms with Gasteiger partial charge < -0.3 is 19.8 Å². The number of nitrogens with zero attached hydrogens (tertiary/aromatic N) is 2. The van der Waals surface area contributed by atoms with Crippen LogP contribution in [0.5, 0.6) is 5.75 Å². The first-order chi connectivity index (χ1) is 18.2. The van der Waals surface area contributed by atoms with Crippen molar-refractivity contribution in [1.82, 2.24) is 9.55 Å². The molecule has 2 aliphatic carbocycles. The van der Waals surface area contributed by atoms with Gasteiger partial charge in [-0.25, -0.2) is 4.79 Å². The third-order valence-corrected chi connectivity index (χ3v) is 7.56. The molecule has 0 aliphatic heterocycles. The number of carbonyl (C=O) groups excluding carboxylic acids is 1. The van der Waals surface area contributed by atoms with E-state index in [1.165, 1.54) is 6.42 Å². The Morgan fingerprint density at radius 3 is 2.54 bits per heavy atom. The first kappa shape index (κ1) is 23.4. The smallest absolute Gasteiger partial charge is 0.411 e.